The van der Waals surface area contributed by atoms with Crippen LogP contribution < -0.4 is 0 Å². The molecular weight excluding hydrogens is 186 g/mol. The van der Waals surface area contributed by atoms with Crippen LogP contribution in [0.25, 0.3) is 0 Å². The molecule has 0 spiro atoms. The van der Waals surface area contributed by atoms with E-state index >= 15 is 0 Å². The predicted molar refractivity (Wildman–Crippen MR) is 62.8 cm³/mol. The van der Waals surface area contributed by atoms with Crippen molar-refractivity contribution in [3.63, 3.8) is 0 Å². The highest BCUT2D eigenvalue weighted by Gasteiger charge is 2.31. The van der Waals surface area contributed by atoms with Crippen molar-refractivity contribution in [2.75, 3.05) is 13.6 Å². The third kappa shape index (κ3) is 2.94. The lowest BCUT2D eigenvalue weighted by Gasteiger charge is -2.26. The summed E-state index contributed by atoms with van der Waals surface area (Å²) in [4.78, 5) is 2.49. The Kier molecular flexibility index (Phi) is 3.68. The maximum atomic E-state index is 9.74. The van der Waals surface area contributed by atoms with Gasteiger partial charge >= 0.3 is 0 Å². The van der Waals surface area contributed by atoms with Gasteiger partial charge in [-0.1, -0.05) is 6.42 Å². The largest absolute Gasteiger partial charge is 0.393 e. The Morgan fingerprint density at radius 1 is 1.27 bits per heavy atom. The van der Waals surface area contributed by atoms with Gasteiger partial charge in [0.2, 0.25) is 0 Å². The average Bonchev–Trinajstić information content (AvgIpc) is 2.99. The molecule has 88 valence electrons. The van der Waals surface area contributed by atoms with E-state index in [9.17, 15) is 5.11 Å². The van der Waals surface area contributed by atoms with E-state index in [-0.39, 0.29) is 6.10 Å². The van der Waals surface area contributed by atoms with Gasteiger partial charge in [-0.2, -0.15) is 0 Å². The Labute approximate surface area is 93.7 Å². The molecule has 3 unspecified atom stereocenters. The smallest absolute Gasteiger partial charge is 0.0568 e. The normalized spacial score (nSPS) is 33.6. The molecule has 0 radical (unpaired) electrons. The number of rotatable bonds is 5. The Bertz CT molecular complexity index is 203. The van der Waals surface area contributed by atoms with Crippen LogP contribution in [0.5, 0.6) is 0 Å². The molecule has 15 heavy (non-hydrogen) atoms. The first-order valence-corrected chi connectivity index (χ1v) is 6.57. The summed E-state index contributed by atoms with van der Waals surface area (Å²) in [6.45, 7) is 3.52. The summed E-state index contributed by atoms with van der Waals surface area (Å²) in [5.74, 6) is 1.54. The van der Waals surface area contributed by atoms with Crippen LogP contribution in [0, 0.1) is 11.8 Å². The predicted octanol–water partition coefficient (Wildman–Crippen LogP) is 2.27. The second-order valence-electron chi connectivity index (χ2n) is 5.61. The van der Waals surface area contributed by atoms with Crippen LogP contribution in [-0.4, -0.2) is 35.7 Å². The summed E-state index contributed by atoms with van der Waals surface area (Å²) in [6.07, 6.45) is 7.55. The average molecular weight is 211 g/mol. The van der Waals surface area contributed by atoms with Crippen LogP contribution in [0.4, 0.5) is 0 Å². The number of aliphatic hydroxyl groups is 1. The van der Waals surface area contributed by atoms with Gasteiger partial charge in [-0.05, 0) is 64.5 Å². The van der Waals surface area contributed by atoms with Crippen molar-refractivity contribution < 1.29 is 5.11 Å². The Morgan fingerprint density at radius 2 is 2.00 bits per heavy atom. The zero-order valence-electron chi connectivity index (χ0n) is 10.2. The van der Waals surface area contributed by atoms with Gasteiger partial charge in [0.15, 0.2) is 0 Å². The molecule has 2 rings (SSSR count). The molecule has 0 aliphatic heterocycles. The molecule has 2 heteroatoms. The van der Waals surface area contributed by atoms with E-state index in [2.05, 4.69) is 18.9 Å². The number of hydrogen-bond donors (Lipinski definition) is 1. The summed E-state index contributed by atoms with van der Waals surface area (Å²) >= 11 is 0. The van der Waals surface area contributed by atoms with Crippen LogP contribution in [0.2, 0.25) is 0 Å². The first kappa shape index (κ1) is 11.4. The van der Waals surface area contributed by atoms with E-state index in [1.54, 1.807) is 0 Å². The van der Waals surface area contributed by atoms with E-state index < -0.39 is 0 Å². The zero-order chi connectivity index (χ0) is 10.8. The van der Waals surface area contributed by atoms with Crippen LogP contribution >= 0.6 is 0 Å². The highest BCUT2D eigenvalue weighted by Crippen LogP contribution is 2.35. The maximum absolute atomic E-state index is 9.74. The first-order valence-electron chi connectivity index (χ1n) is 6.57. The van der Waals surface area contributed by atoms with Crippen molar-refractivity contribution in [2.45, 2.75) is 57.6 Å². The molecule has 0 saturated heterocycles. The van der Waals surface area contributed by atoms with E-state index in [0.29, 0.717) is 5.92 Å². The molecule has 0 bridgehead atoms. The Morgan fingerprint density at radius 3 is 2.53 bits per heavy atom. The fraction of sp³-hybridized carbons (Fsp3) is 1.00. The molecule has 1 N–H and O–H groups in total. The van der Waals surface area contributed by atoms with E-state index in [1.165, 1.54) is 38.6 Å². The van der Waals surface area contributed by atoms with Crippen LogP contribution in [0.3, 0.4) is 0 Å². The topological polar surface area (TPSA) is 23.5 Å². The lowest BCUT2D eigenvalue weighted by molar-refractivity contribution is 0.115. The summed E-state index contributed by atoms with van der Waals surface area (Å²) in [5, 5.41) is 9.74. The Balaban J connectivity index is 1.67. The number of aliphatic hydroxyl groups excluding tert-OH is 1. The summed E-state index contributed by atoms with van der Waals surface area (Å²) in [5.41, 5.74) is 0. The van der Waals surface area contributed by atoms with Gasteiger partial charge in [-0.3, -0.25) is 0 Å². The standard InChI is InChI=1S/C13H25NO/c1-10(11-6-7-11)14(2)9-8-12-4-3-5-13(12)15/h10-13,15H,3-9H2,1-2H3. The first-order chi connectivity index (χ1) is 7.18. The van der Waals surface area contributed by atoms with Gasteiger partial charge in [0, 0.05) is 6.04 Å². The minimum atomic E-state index is -0.00497. The fourth-order valence-electron chi connectivity index (χ4n) is 2.87. The number of nitrogens with zero attached hydrogens (tertiary/aromatic N) is 1. The fourth-order valence-corrected chi connectivity index (χ4v) is 2.87. The third-order valence-electron chi connectivity index (χ3n) is 4.47. The van der Waals surface area contributed by atoms with Gasteiger partial charge in [-0.25, -0.2) is 0 Å². The molecule has 0 heterocycles. The van der Waals surface area contributed by atoms with Crippen molar-refractivity contribution in [2.24, 2.45) is 11.8 Å². The van der Waals surface area contributed by atoms with Crippen molar-refractivity contribution in [3.05, 3.63) is 0 Å². The molecular formula is C13H25NO. The van der Waals surface area contributed by atoms with Gasteiger partial charge in [-0.15, -0.1) is 0 Å². The molecule has 2 aliphatic carbocycles. The molecule has 3 atom stereocenters. The lowest BCUT2D eigenvalue weighted by Crippen LogP contribution is -2.33. The van der Waals surface area contributed by atoms with Crippen molar-refractivity contribution in [1.29, 1.82) is 0 Å². The molecule has 2 fully saturated rings. The third-order valence-corrected chi connectivity index (χ3v) is 4.47. The lowest BCUT2D eigenvalue weighted by atomic mass is 10.0. The van der Waals surface area contributed by atoms with Gasteiger partial charge in [0.1, 0.15) is 0 Å². The number of hydrogen-bond acceptors (Lipinski definition) is 2. The van der Waals surface area contributed by atoms with Crippen molar-refractivity contribution in [3.8, 4) is 0 Å². The van der Waals surface area contributed by atoms with E-state index in [1.807, 2.05) is 0 Å². The molecule has 2 saturated carbocycles. The van der Waals surface area contributed by atoms with Crippen LogP contribution in [0.15, 0.2) is 0 Å². The second kappa shape index (κ2) is 4.84. The summed E-state index contributed by atoms with van der Waals surface area (Å²) in [6, 6.07) is 0.753. The Hall–Kier alpha value is -0.0800. The monoisotopic (exact) mass is 211 g/mol. The minimum Gasteiger partial charge on any atom is -0.393 e. The van der Waals surface area contributed by atoms with Crippen molar-refractivity contribution >= 4 is 0 Å². The quantitative estimate of drug-likeness (QED) is 0.754. The van der Waals surface area contributed by atoms with E-state index in [4.69, 9.17) is 0 Å². The molecule has 0 aromatic heterocycles. The molecule has 0 aromatic rings. The van der Waals surface area contributed by atoms with Gasteiger partial charge in [0.05, 0.1) is 6.10 Å². The highest BCUT2D eigenvalue weighted by atomic mass is 16.3. The SMILES string of the molecule is CC(C1CC1)N(C)CCC1CCCC1O. The van der Waals surface area contributed by atoms with Crippen LogP contribution in [-0.2, 0) is 0 Å². The van der Waals surface area contributed by atoms with Gasteiger partial charge in [0.25, 0.3) is 0 Å². The summed E-state index contributed by atoms with van der Waals surface area (Å²) < 4.78 is 0. The molecule has 0 amide bonds. The summed E-state index contributed by atoms with van der Waals surface area (Å²) in [7, 11) is 2.24. The second-order valence-corrected chi connectivity index (χ2v) is 5.61. The van der Waals surface area contributed by atoms with Crippen molar-refractivity contribution in [1.82, 2.24) is 4.90 Å². The highest BCUT2D eigenvalue weighted by molar-refractivity contribution is 4.85. The van der Waals surface area contributed by atoms with Crippen LogP contribution in [0.1, 0.15) is 45.4 Å². The maximum Gasteiger partial charge on any atom is 0.0568 e. The molecule has 2 aliphatic rings. The molecule has 0 aromatic carbocycles. The van der Waals surface area contributed by atoms with Gasteiger partial charge < -0.3 is 10.0 Å². The minimum absolute atomic E-state index is 0.00497. The zero-order valence-corrected chi connectivity index (χ0v) is 10.2. The molecule has 2 nitrogen and oxygen atoms in total. The van der Waals surface area contributed by atoms with E-state index in [0.717, 1.165) is 18.4 Å².